The smallest absolute Gasteiger partial charge is 0.262 e. The monoisotopic (exact) mass is 374 g/mol. The predicted molar refractivity (Wildman–Crippen MR) is 94.5 cm³/mol. The minimum absolute atomic E-state index is 0.0853. The minimum Gasteiger partial charge on any atom is -0.395 e. The van der Waals surface area contributed by atoms with Crippen molar-refractivity contribution in [2.45, 2.75) is 44.4 Å². The van der Waals surface area contributed by atoms with Gasteiger partial charge in [-0.2, -0.15) is 0 Å². The normalized spacial score (nSPS) is 21.9. The van der Waals surface area contributed by atoms with Gasteiger partial charge in [-0.15, -0.1) is 0 Å². The summed E-state index contributed by atoms with van der Waals surface area (Å²) in [6.07, 6.45) is 0.211. The standard InChI is InChI=1S/C18H22N4O5/c1-9(13(19)8-23)20-7-10-2-3-11-12(6-10)18(27)22(17(11)26)14-4-5-15(24)21-16(14)25/h2-3,6,9,13-14,20,23H,4-5,7-8,19H2,1H3,(H,21,24,25)/t9-,13-,14?/m1/s1. The molecular weight excluding hydrogens is 352 g/mol. The number of nitrogens with two attached hydrogens (primary N) is 1. The summed E-state index contributed by atoms with van der Waals surface area (Å²) in [7, 11) is 0. The third-order valence-electron chi connectivity index (χ3n) is 4.99. The lowest BCUT2D eigenvalue weighted by Crippen LogP contribution is -2.54. The summed E-state index contributed by atoms with van der Waals surface area (Å²) in [6.45, 7) is 2.10. The van der Waals surface area contributed by atoms with Crippen LogP contribution in [-0.2, 0) is 16.1 Å². The molecule has 144 valence electrons. The van der Waals surface area contributed by atoms with E-state index in [9.17, 15) is 19.2 Å². The number of carbonyl (C=O) groups excluding carboxylic acids is 4. The lowest BCUT2D eigenvalue weighted by atomic mass is 10.0. The van der Waals surface area contributed by atoms with Gasteiger partial charge in [0, 0.05) is 25.0 Å². The van der Waals surface area contributed by atoms with Gasteiger partial charge >= 0.3 is 0 Å². The number of piperidine rings is 1. The lowest BCUT2D eigenvalue weighted by Gasteiger charge is -2.27. The number of nitrogens with one attached hydrogen (secondary N) is 2. The number of hydrogen-bond acceptors (Lipinski definition) is 7. The second-order valence-electron chi connectivity index (χ2n) is 6.84. The first-order valence-corrected chi connectivity index (χ1v) is 8.77. The zero-order valence-corrected chi connectivity index (χ0v) is 14.9. The number of aliphatic hydroxyl groups excluding tert-OH is 1. The van der Waals surface area contributed by atoms with Crippen molar-refractivity contribution in [2.75, 3.05) is 6.61 Å². The van der Waals surface area contributed by atoms with Gasteiger partial charge in [-0.1, -0.05) is 6.07 Å². The molecule has 2 heterocycles. The summed E-state index contributed by atoms with van der Waals surface area (Å²) >= 11 is 0. The molecule has 4 amide bonds. The molecule has 1 aromatic rings. The van der Waals surface area contributed by atoms with Crippen LogP contribution in [0.5, 0.6) is 0 Å². The highest BCUT2D eigenvalue weighted by Crippen LogP contribution is 2.28. The molecule has 9 heteroatoms. The summed E-state index contributed by atoms with van der Waals surface area (Å²) in [5, 5.41) is 14.4. The zero-order valence-electron chi connectivity index (χ0n) is 14.9. The summed E-state index contributed by atoms with van der Waals surface area (Å²) in [5.41, 5.74) is 7.01. The highest BCUT2D eigenvalue weighted by Gasteiger charge is 2.44. The highest BCUT2D eigenvalue weighted by atomic mass is 16.3. The van der Waals surface area contributed by atoms with Crippen LogP contribution in [0.1, 0.15) is 46.0 Å². The largest absolute Gasteiger partial charge is 0.395 e. The number of rotatable bonds is 6. The van der Waals surface area contributed by atoms with Crippen LogP contribution >= 0.6 is 0 Å². The molecule has 9 nitrogen and oxygen atoms in total. The van der Waals surface area contributed by atoms with Crippen LogP contribution in [0.4, 0.5) is 0 Å². The Balaban J connectivity index is 1.76. The fraction of sp³-hybridized carbons (Fsp3) is 0.444. The Hall–Kier alpha value is -2.62. The van der Waals surface area contributed by atoms with Crippen molar-refractivity contribution in [2.24, 2.45) is 5.73 Å². The first kappa shape index (κ1) is 19.2. The zero-order chi connectivity index (χ0) is 19.7. The van der Waals surface area contributed by atoms with E-state index in [1.54, 1.807) is 18.2 Å². The molecule has 3 atom stereocenters. The third kappa shape index (κ3) is 3.61. The molecular formula is C18H22N4O5. The first-order chi connectivity index (χ1) is 12.8. The van der Waals surface area contributed by atoms with Crippen LogP contribution in [0.25, 0.3) is 0 Å². The van der Waals surface area contributed by atoms with Crippen LogP contribution in [0, 0.1) is 0 Å². The fourth-order valence-corrected chi connectivity index (χ4v) is 3.22. The first-order valence-electron chi connectivity index (χ1n) is 8.77. The van der Waals surface area contributed by atoms with E-state index < -0.39 is 35.7 Å². The molecule has 2 aliphatic rings. The molecule has 27 heavy (non-hydrogen) atoms. The van der Waals surface area contributed by atoms with Crippen molar-refractivity contribution in [3.05, 3.63) is 34.9 Å². The Labute approximate surface area is 155 Å². The second-order valence-corrected chi connectivity index (χ2v) is 6.84. The van der Waals surface area contributed by atoms with E-state index in [1.807, 2.05) is 6.92 Å². The Morgan fingerprint density at radius 1 is 1.26 bits per heavy atom. The maximum absolute atomic E-state index is 12.7. The Bertz CT molecular complexity index is 809. The SMILES string of the molecule is C[C@@H](NCc1ccc2c(c1)C(=O)N(C1CCC(=O)NC1=O)C2=O)[C@H](N)CO. The van der Waals surface area contributed by atoms with Gasteiger partial charge in [0.25, 0.3) is 11.8 Å². The van der Waals surface area contributed by atoms with Crippen LogP contribution in [-0.4, -0.2) is 58.4 Å². The van der Waals surface area contributed by atoms with Gasteiger partial charge in [-0.05, 0) is 31.0 Å². The maximum Gasteiger partial charge on any atom is 0.262 e. The maximum atomic E-state index is 12.7. The second kappa shape index (κ2) is 7.55. The topological polar surface area (TPSA) is 142 Å². The third-order valence-corrected chi connectivity index (χ3v) is 4.99. The van der Waals surface area contributed by atoms with Crippen LogP contribution in [0.15, 0.2) is 18.2 Å². The highest BCUT2D eigenvalue weighted by molar-refractivity contribution is 6.23. The Morgan fingerprint density at radius 3 is 2.63 bits per heavy atom. The van der Waals surface area contributed by atoms with Gasteiger partial charge in [0.05, 0.1) is 17.7 Å². The number of nitrogens with zero attached hydrogens (tertiary/aromatic N) is 1. The number of amides is 4. The summed E-state index contributed by atoms with van der Waals surface area (Å²) in [6, 6.07) is 3.38. The molecule has 0 aromatic heterocycles. The average molecular weight is 374 g/mol. The van der Waals surface area contributed by atoms with E-state index in [4.69, 9.17) is 10.8 Å². The van der Waals surface area contributed by atoms with Gasteiger partial charge in [0.1, 0.15) is 6.04 Å². The van der Waals surface area contributed by atoms with Gasteiger partial charge in [0.2, 0.25) is 11.8 Å². The molecule has 5 N–H and O–H groups in total. The van der Waals surface area contributed by atoms with Crippen molar-refractivity contribution in [1.29, 1.82) is 0 Å². The van der Waals surface area contributed by atoms with Crippen molar-refractivity contribution < 1.29 is 24.3 Å². The van der Waals surface area contributed by atoms with Gasteiger partial charge in [-0.25, -0.2) is 0 Å². The molecule has 2 aliphatic heterocycles. The van der Waals surface area contributed by atoms with E-state index in [0.717, 1.165) is 10.5 Å². The summed E-state index contributed by atoms with van der Waals surface area (Å²) in [4.78, 5) is 49.7. The van der Waals surface area contributed by atoms with Crippen molar-refractivity contribution >= 4 is 23.6 Å². The molecule has 3 rings (SSSR count). The molecule has 0 saturated carbocycles. The van der Waals surface area contributed by atoms with E-state index >= 15 is 0 Å². The number of hydrogen-bond donors (Lipinski definition) is 4. The fourth-order valence-electron chi connectivity index (χ4n) is 3.22. The van der Waals surface area contributed by atoms with Crippen LogP contribution in [0.2, 0.25) is 0 Å². The average Bonchev–Trinajstić information content (AvgIpc) is 2.90. The molecule has 0 aliphatic carbocycles. The van der Waals surface area contributed by atoms with E-state index in [1.165, 1.54) is 0 Å². The Kier molecular flexibility index (Phi) is 5.36. The predicted octanol–water partition coefficient (Wildman–Crippen LogP) is -1.11. The molecule has 0 spiro atoms. The lowest BCUT2D eigenvalue weighted by molar-refractivity contribution is -0.136. The molecule has 0 radical (unpaired) electrons. The van der Waals surface area contributed by atoms with Gasteiger partial charge < -0.3 is 16.2 Å². The number of carbonyl (C=O) groups is 4. The summed E-state index contributed by atoms with van der Waals surface area (Å²) < 4.78 is 0. The molecule has 1 unspecified atom stereocenters. The van der Waals surface area contributed by atoms with Crippen LogP contribution < -0.4 is 16.4 Å². The number of aliphatic hydroxyl groups is 1. The van der Waals surface area contributed by atoms with E-state index in [0.29, 0.717) is 6.54 Å². The minimum atomic E-state index is -0.973. The molecule has 1 aromatic carbocycles. The van der Waals surface area contributed by atoms with Gasteiger partial charge in [-0.3, -0.25) is 29.4 Å². The quantitative estimate of drug-likeness (QED) is 0.462. The number of benzene rings is 1. The Morgan fingerprint density at radius 2 is 1.96 bits per heavy atom. The van der Waals surface area contributed by atoms with Crippen LogP contribution in [0.3, 0.4) is 0 Å². The van der Waals surface area contributed by atoms with Crippen molar-refractivity contribution in [3.63, 3.8) is 0 Å². The van der Waals surface area contributed by atoms with E-state index in [-0.39, 0.29) is 36.6 Å². The van der Waals surface area contributed by atoms with E-state index in [2.05, 4.69) is 10.6 Å². The van der Waals surface area contributed by atoms with Crippen molar-refractivity contribution in [1.82, 2.24) is 15.5 Å². The van der Waals surface area contributed by atoms with Gasteiger partial charge in [0.15, 0.2) is 0 Å². The summed E-state index contributed by atoms with van der Waals surface area (Å²) in [5.74, 6) is -2.10. The molecule has 1 fully saturated rings. The molecule has 1 saturated heterocycles. The van der Waals surface area contributed by atoms with Crippen molar-refractivity contribution in [3.8, 4) is 0 Å². The molecule has 0 bridgehead atoms. The number of imide groups is 2. The number of fused-ring (bicyclic) bond motifs is 1.